The Morgan fingerprint density at radius 3 is 2.53 bits per heavy atom. The largest absolute Gasteiger partial charge is 0.493 e. The van der Waals surface area contributed by atoms with Gasteiger partial charge in [0.05, 0.1) is 25.1 Å². The number of methoxy groups -OCH3 is 2. The van der Waals surface area contributed by atoms with Gasteiger partial charge in [-0.3, -0.25) is 5.41 Å². The van der Waals surface area contributed by atoms with Crippen molar-refractivity contribution in [3.05, 3.63) is 22.7 Å². The van der Waals surface area contributed by atoms with Crippen molar-refractivity contribution in [2.24, 2.45) is 5.73 Å². The number of nitrogens with two attached hydrogens (primary N) is 1. The van der Waals surface area contributed by atoms with Crippen LogP contribution in [0.2, 0.25) is 5.02 Å². The summed E-state index contributed by atoms with van der Waals surface area (Å²) >= 11 is 6.08. The molecule has 0 unspecified atom stereocenters. The molecule has 82 valence electrons. The van der Waals surface area contributed by atoms with E-state index in [0.29, 0.717) is 22.9 Å². The van der Waals surface area contributed by atoms with Gasteiger partial charge in [-0.1, -0.05) is 17.7 Å². The zero-order chi connectivity index (χ0) is 11.4. The fraction of sp³-hybridized carbons (Fsp3) is 0.300. The molecule has 0 heterocycles. The van der Waals surface area contributed by atoms with Crippen LogP contribution in [-0.4, -0.2) is 20.1 Å². The molecule has 0 aliphatic heterocycles. The molecule has 1 aromatic carbocycles. The normalized spacial score (nSPS) is 9.80. The molecule has 0 amide bonds. The van der Waals surface area contributed by atoms with Gasteiger partial charge in [0.25, 0.3) is 0 Å². The Kier molecular flexibility index (Phi) is 3.80. The Morgan fingerprint density at radius 2 is 2.07 bits per heavy atom. The van der Waals surface area contributed by atoms with Crippen molar-refractivity contribution in [3.8, 4) is 11.5 Å². The molecule has 0 aromatic heterocycles. The summed E-state index contributed by atoms with van der Waals surface area (Å²) in [5.74, 6) is 1.09. The highest BCUT2D eigenvalue weighted by molar-refractivity contribution is 6.33. The standard InChI is InChI=1S/C10H13ClN2O2/c1-14-7-4-3-6(5-8(12)13)9(11)10(7)15-2/h3-4H,5H2,1-2H3,(H3,12,13). The monoisotopic (exact) mass is 228 g/mol. The summed E-state index contributed by atoms with van der Waals surface area (Å²) in [5.41, 5.74) is 6.06. The van der Waals surface area contributed by atoms with Crippen LogP contribution in [0, 0.1) is 5.41 Å². The maximum absolute atomic E-state index is 7.20. The highest BCUT2D eigenvalue weighted by Crippen LogP contribution is 2.37. The predicted octanol–water partition coefficient (Wildman–Crippen LogP) is 1.84. The number of ether oxygens (including phenoxy) is 2. The highest BCUT2D eigenvalue weighted by atomic mass is 35.5. The average molecular weight is 229 g/mol. The van der Waals surface area contributed by atoms with Crippen LogP contribution in [0.15, 0.2) is 12.1 Å². The molecule has 1 aromatic rings. The van der Waals surface area contributed by atoms with E-state index in [0.717, 1.165) is 5.56 Å². The summed E-state index contributed by atoms with van der Waals surface area (Å²) in [5, 5.41) is 7.64. The van der Waals surface area contributed by atoms with E-state index in [-0.39, 0.29) is 5.84 Å². The zero-order valence-electron chi connectivity index (χ0n) is 8.63. The number of benzene rings is 1. The first kappa shape index (κ1) is 11.7. The highest BCUT2D eigenvalue weighted by Gasteiger charge is 2.13. The minimum Gasteiger partial charge on any atom is -0.493 e. The van der Waals surface area contributed by atoms with Gasteiger partial charge in [0, 0.05) is 6.42 Å². The molecule has 0 bridgehead atoms. The van der Waals surface area contributed by atoms with E-state index < -0.39 is 0 Å². The predicted molar refractivity (Wildman–Crippen MR) is 60.2 cm³/mol. The van der Waals surface area contributed by atoms with Gasteiger partial charge in [-0.25, -0.2) is 0 Å². The Balaban J connectivity index is 3.16. The number of halogens is 1. The molecule has 0 fully saturated rings. The fourth-order valence-electron chi connectivity index (χ4n) is 1.27. The molecule has 4 nitrogen and oxygen atoms in total. The third-order valence-corrected chi connectivity index (χ3v) is 2.36. The minimum atomic E-state index is 0.0594. The van der Waals surface area contributed by atoms with E-state index in [1.807, 2.05) is 0 Å². The summed E-state index contributed by atoms with van der Waals surface area (Å²) in [6.07, 6.45) is 0.305. The van der Waals surface area contributed by atoms with Crippen LogP contribution < -0.4 is 15.2 Å². The van der Waals surface area contributed by atoms with Gasteiger partial charge in [-0.15, -0.1) is 0 Å². The van der Waals surface area contributed by atoms with Crippen molar-refractivity contribution in [2.75, 3.05) is 14.2 Å². The molecular formula is C10H13ClN2O2. The molecule has 0 aliphatic rings. The Labute approximate surface area is 93.4 Å². The van der Waals surface area contributed by atoms with E-state index in [1.165, 1.54) is 7.11 Å². The second kappa shape index (κ2) is 4.89. The fourth-order valence-corrected chi connectivity index (χ4v) is 1.57. The molecular weight excluding hydrogens is 216 g/mol. The Hall–Kier alpha value is -1.42. The third kappa shape index (κ3) is 2.53. The number of hydrogen-bond acceptors (Lipinski definition) is 3. The Bertz CT molecular complexity index is 380. The molecule has 5 heteroatoms. The lowest BCUT2D eigenvalue weighted by atomic mass is 10.1. The number of rotatable bonds is 4. The molecule has 0 aliphatic carbocycles. The number of amidine groups is 1. The third-order valence-electron chi connectivity index (χ3n) is 1.95. The minimum absolute atomic E-state index is 0.0594. The van der Waals surface area contributed by atoms with Gasteiger partial charge in [0.2, 0.25) is 0 Å². The number of hydrogen-bond donors (Lipinski definition) is 2. The van der Waals surface area contributed by atoms with Crippen molar-refractivity contribution in [2.45, 2.75) is 6.42 Å². The second-order valence-corrected chi connectivity index (χ2v) is 3.35. The lowest BCUT2D eigenvalue weighted by Crippen LogP contribution is -2.13. The van der Waals surface area contributed by atoms with Crippen LogP contribution in [0.3, 0.4) is 0 Å². The SMILES string of the molecule is COc1ccc(CC(=N)N)c(Cl)c1OC. The molecule has 3 N–H and O–H groups in total. The van der Waals surface area contributed by atoms with Crippen LogP contribution >= 0.6 is 11.6 Å². The summed E-state index contributed by atoms with van der Waals surface area (Å²) in [6.45, 7) is 0. The first-order chi connectivity index (χ1) is 7.10. The van der Waals surface area contributed by atoms with Crippen LogP contribution in [-0.2, 0) is 6.42 Å². The lowest BCUT2D eigenvalue weighted by Gasteiger charge is -2.12. The molecule has 0 saturated heterocycles. The van der Waals surface area contributed by atoms with Gasteiger partial charge in [-0.05, 0) is 11.6 Å². The maximum Gasteiger partial charge on any atom is 0.179 e. The van der Waals surface area contributed by atoms with Gasteiger partial charge in [0.1, 0.15) is 0 Å². The van der Waals surface area contributed by atoms with Crippen molar-refractivity contribution in [1.82, 2.24) is 0 Å². The van der Waals surface area contributed by atoms with Crippen LogP contribution in [0.1, 0.15) is 5.56 Å². The summed E-state index contributed by atoms with van der Waals surface area (Å²) in [7, 11) is 3.06. The van der Waals surface area contributed by atoms with E-state index >= 15 is 0 Å². The van der Waals surface area contributed by atoms with Crippen molar-refractivity contribution in [1.29, 1.82) is 5.41 Å². The first-order valence-corrected chi connectivity index (χ1v) is 4.70. The lowest BCUT2D eigenvalue weighted by molar-refractivity contribution is 0.355. The van der Waals surface area contributed by atoms with E-state index in [4.69, 9.17) is 32.2 Å². The summed E-state index contributed by atoms with van der Waals surface area (Å²) in [4.78, 5) is 0. The Morgan fingerprint density at radius 1 is 1.40 bits per heavy atom. The van der Waals surface area contributed by atoms with Gasteiger partial charge in [0.15, 0.2) is 11.5 Å². The van der Waals surface area contributed by atoms with Gasteiger partial charge in [-0.2, -0.15) is 0 Å². The van der Waals surface area contributed by atoms with E-state index in [1.54, 1.807) is 19.2 Å². The molecule has 0 radical (unpaired) electrons. The first-order valence-electron chi connectivity index (χ1n) is 4.32. The van der Waals surface area contributed by atoms with Gasteiger partial charge >= 0.3 is 0 Å². The van der Waals surface area contributed by atoms with Crippen molar-refractivity contribution in [3.63, 3.8) is 0 Å². The molecule has 1 rings (SSSR count). The molecule has 0 spiro atoms. The van der Waals surface area contributed by atoms with E-state index in [9.17, 15) is 0 Å². The maximum atomic E-state index is 7.20. The van der Waals surface area contributed by atoms with Crippen LogP contribution in [0.5, 0.6) is 11.5 Å². The molecule has 0 atom stereocenters. The molecule has 0 saturated carbocycles. The zero-order valence-corrected chi connectivity index (χ0v) is 9.39. The quantitative estimate of drug-likeness (QED) is 0.610. The summed E-state index contributed by atoms with van der Waals surface area (Å²) < 4.78 is 10.2. The smallest absolute Gasteiger partial charge is 0.179 e. The van der Waals surface area contributed by atoms with Crippen LogP contribution in [0.25, 0.3) is 0 Å². The van der Waals surface area contributed by atoms with Crippen molar-refractivity contribution < 1.29 is 9.47 Å². The van der Waals surface area contributed by atoms with Crippen molar-refractivity contribution >= 4 is 17.4 Å². The summed E-state index contributed by atoms with van der Waals surface area (Å²) in [6, 6.07) is 3.51. The van der Waals surface area contributed by atoms with Crippen LogP contribution in [0.4, 0.5) is 0 Å². The van der Waals surface area contributed by atoms with E-state index in [2.05, 4.69) is 0 Å². The van der Waals surface area contributed by atoms with Gasteiger partial charge < -0.3 is 15.2 Å². The second-order valence-electron chi connectivity index (χ2n) is 2.98. The molecule has 15 heavy (non-hydrogen) atoms. The average Bonchev–Trinajstić information content (AvgIpc) is 2.20. The number of nitrogens with one attached hydrogen (secondary N) is 1. The topological polar surface area (TPSA) is 68.3 Å².